The molecule has 8 nitrogen and oxygen atoms in total. The normalized spacial score (nSPS) is 10.4. The molecule has 9 heteroatoms. The molecule has 140 valence electrons. The zero-order chi connectivity index (χ0) is 19.8. The number of carbonyl (C=O) groups is 1. The number of non-ortho nitro benzene ring substituents is 1. The fourth-order valence-electron chi connectivity index (χ4n) is 2.06. The fourth-order valence-corrected chi connectivity index (χ4v) is 2.64. The molecule has 1 N–H and O–H groups in total. The molecule has 0 saturated heterocycles. The van der Waals surface area contributed by atoms with Crippen LogP contribution in [0.1, 0.15) is 15.9 Å². The van der Waals surface area contributed by atoms with Crippen molar-refractivity contribution < 1.29 is 19.2 Å². The molecule has 0 unspecified atom stereocenters. The minimum Gasteiger partial charge on any atom is -0.493 e. The fraction of sp³-hybridized carbons (Fsp3) is 0.111. The van der Waals surface area contributed by atoms with Crippen LogP contribution < -0.4 is 14.9 Å². The number of nitro groups is 1. The number of methoxy groups -OCH3 is 1. The van der Waals surface area contributed by atoms with Gasteiger partial charge in [-0.05, 0) is 45.8 Å². The van der Waals surface area contributed by atoms with E-state index in [2.05, 4.69) is 33.0 Å². The molecule has 27 heavy (non-hydrogen) atoms. The summed E-state index contributed by atoms with van der Waals surface area (Å²) < 4.78 is 11.5. The minimum absolute atomic E-state index is 0.0919. The maximum Gasteiger partial charge on any atom is 0.271 e. The van der Waals surface area contributed by atoms with Crippen molar-refractivity contribution in [2.45, 2.75) is 0 Å². The smallest absolute Gasteiger partial charge is 0.271 e. The number of nitro benzene ring substituents is 1. The van der Waals surface area contributed by atoms with Gasteiger partial charge < -0.3 is 9.47 Å². The highest BCUT2D eigenvalue weighted by Crippen LogP contribution is 2.36. The van der Waals surface area contributed by atoms with Crippen LogP contribution >= 0.6 is 15.9 Å². The molecule has 0 radical (unpaired) electrons. The zero-order valence-electron chi connectivity index (χ0n) is 14.3. The molecular formula is C18H16BrN3O5. The van der Waals surface area contributed by atoms with Gasteiger partial charge in [-0.15, -0.1) is 0 Å². The van der Waals surface area contributed by atoms with Gasteiger partial charge in [-0.25, -0.2) is 5.43 Å². The van der Waals surface area contributed by atoms with Crippen LogP contribution in [0.2, 0.25) is 0 Å². The van der Waals surface area contributed by atoms with Crippen molar-refractivity contribution in [3.05, 3.63) is 74.8 Å². The molecule has 0 aliphatic rings. The topological polar surface area (TPSA) is 103 Å². The lowest BCUT2D eigenvalue weighted by Gasteiger charge is -2.12. The Kier molecular flexibility index (Phi) is 7.07. The second-order valence-electron chi connectivity index (χ2n) is 5.14. The summed E-state index contributed by atoms with van der Waals surface area (Å²) in [7, 11) is 1.51. The van der Waals surface area contributed by atoms with Crippen molar-refractivity contribution >= 4 is 33.7 Å². The standard InChI is InChI=1S/C18H16BrN3O5/c1-3-8-27-17-15(19)9-12(10-16(17)26-2)11-20-21-18(23)13-4-6-14(7-5-13)22(24)25/h3-7,9-11H,1,8H2,2H3,(H,21,23)/b20-11-. The summed E-state index contributed by atoms with van der Waals surface area (Å²) in [6.07, 6.45) is 3.06. The zero-order valence-corrected chi connectivity index (χ0v) is 15.9. The highest BCUT2D eigenvalue weighted by Gasteiger charge is 2.11. The number of hydrogen-bond donors (Lipinski definition) is 1. The molecule has 0 fully saturated rings. The van der Waals surface area contributed by atoms with Crippen molar-refractivity contribution in [1.29, 1.82) is 0 Å². The van der Waals surface area contributed by atoms with E-state index in [9.17, 15) is 14.9 Å². The molecule has 0 atom stereocenters. The third-order valence-electron chi connectivity index (χ3n) is 3.32. The van der Waals surface area contributed by atoms with Gasteiger partial charge in [0, 0.05) is 17.7 Å². The highest BCUT2D eigenvalue weighted by molar-refractivity contribution is 9.10. The molecule has 2 rings (SSSR count). The summed E-state index contributed by atoms with van der Waals surface area (Å²) in [5, 5.41) is 14.5. The number of hydrazone groups is 1. The monoisotopic (exact) mass is 433 g/mol. The quantitative estimate of drug-likeness (QED) is 0.296. The molecule has 0 aliphatic heterocycles. The van der Waals surface area contributed by atoms with Gasteiger partial charge >= 0.3 is 0 Å². The molecular weight excluding hydrogens is 418 g/mol. The molecule has 1 amide bonds. The first-order valence-corrected chi connectivity index (χ1v) is 8.44. The van der Waals surface area contributed by atoms with E-state index < -0.39 is 10.8 Å². The summed E-state index contributed by atoms with van der Waals surface area (Å²) in [6.45, 7) is 3.93. The van der Waals surface area contributed by atoms with Crippen molar-refractivity contribution in [2.24, 2.45) is 5.10 Å². The molecule has 0 spiro atoms. The Morgan fingerprint density at radius 1 is 1.37 bits per heavy atom. The van der Waals surface area contributed by atoms with Crippen LogP contribution in [-0.2, 0) is 0 Å². The first kappa shape index (κ1) is 20.1. The van der Waals surface area contributed by atoms with Crippen LogP contribution in [0.4, 0.5) is 5.69 Å². The predicted molar refractivity (Wildman–Crippen MR) is 105 cm³/mol. The average molecular weight is 434 g/mol. The molecule has 0 aliphatic carbocycles. The predicted octanol–water partition coefficient (Wildman–Crippen LogP) is 3.69. The minimum atomic E-state index is -0.534. The number of hydrogen-bond acceptors (Lipinski definition) is 6. The van der Waals surface area contributed by atoms with E-state index in [1.165, 1.54) is 37.6 Å². The van der Waals surface area contributed by atoms with Crippen molar-refractivity contribution in [3.63, 3.8) is 0 Å². The van der Waals surface area contributed by atoms with Crippen molar-refractivity contribution in [2.75, 3.05) is 13.7 Å². The van der Waals surface area contributed by atoms with Gasteiger partial charge in [0.15, 0.2) is 11.5 Å². The number of amides is 1. The third-order valence-corrected chi connectivity index (χ3v) is 3.91. The van der Waals surface area contributed by atoms with Crippen LogP contribution in [-0.4, -0.2) is 30.8 Å². The molecule has 0 saturated carbocycles. The van der Waals surface area contributed by atoms with Crippen LogP contribution in [0, 0.1) is 10.1 Å². The SMILES string of the molecule is C=CCOc1c(Br)cc(/C=N\NC(=O)c2ccc([N+](=O)[O-])cc2)cc1OC. The third kappa shape index (κ3) is 5.38. The van der Waals surface area contributed by atoms with Gasteiger partial charge in [0.2, 0.25) is 0 Å². The first-order chi connectivity index (χ1) is 13.0. The van der Waals surface area contributed by atoms with Gasteiger partial charge in [0.1, 0.15) is 6.61 Å². The molecule has 2 aromatic carbocycles. The second kappa shape index (κ2) is 9.48. The molecule has 2 aromatic rings. The summed E-state index contributed by atoms with van der Waals surface area (Å²) in [5.41, 5.74) is 3.19. The number of benzene rings is 2. The summed E-state index contributed by atoms with van der Waals surface area (Å²) >= 11 is 3.40. The second-order valence-corrected chi connectivity index (χ2v) is 5.99. The van der Waals surface area contributed by atoms with Crippen LogP contribution in [0.5, 0.6) is 11.5 Å². The van der Waals surface area contributed by atoms with E-state index in [1.807, 2.05) is 0 Å². The van der Waals surface area contributed by atoms with E-state index in [4.69, 9.17) is 9.47 Å². The van der Waals surface area contributed by atoms with Crippen LogP contribution in [0.15, 0.2) is 58.6 Å². The maximum atomic E-state index is 12.0. The number of ether oxygens (including phenoxy) is 2. The Bertz CT molecular complexity index is 881. The summed E-state index contributed by atoms with van der Waals surface area (Å²) in [6, 6.07) is 8.67. The van der Waals surface area contributed by atoms with Gasteiger partial charge in [0.05, 0.1) is 22.7 Å². The Morgan fingerprint density at radius 2 is 2.07 bits per heavy atom. The maximum absolute atomic E-state index is 12.0. The lowest BCUT2D eigenvalue weighted by Crippen LogP contribution is -2.17. The number of rotatable bonds is 8. The lowest BCUT2D eigenvalue weighted by molar-refractivity contribution is -0.384. The highest BCUT2D eigenvalue weighted by atomic mass is 79.9. The van der Waals surface area contributed by atoms with E-state index in [1.54, 1.807) is 18.2 Å². The summed E-state index contributed by atoms with van der Waals surface area (Å²) in [5.74, 6) is 0.539. The first-order valence-electron chi connectivity index (χ1n) is 7.65. The lowest BCUT2D eigenvalue weighted by atomic mass is 10.2. The van der Waals surface area contributed by atoms with Crippen LogP contribution in [0.3, 0.4) is 0 Å². The van der Waals surface area contributed by atoms with E-state index in [-0.39, 0.29) is 11.3 Å². The van der Waals surface area contributed by atoms with Gasteiger partial charge in [-0.3, -0.25) is 14.9 Å². The molecule has 0 bridgehead atoms. The molecule has 0 heterocycles. The number of nitrogens with zero attached hydrogens (tertiary/aromatic N) is 2. The Hall–Kier alpha value is -3.20. The Labute approximate surface area is 163 Å². The largest absolute Gasteiger partial charge is 0.493 e. The van der Waals surface area contributed by atoms with Gasteiger partial charge in [0.25, 0.3) is 11.6 Å². The number of carbonyl (C=O) groups excluding carboxylic acids is 1. The number of halogens is 1. The van der Waals surface area contributed by atoms with E-state index in [0.29, 0.717) is 28.1 Å². The molecule has 0 aromatic heterocycles. The van der Waals surface area contributed by atoms with E-state index in [0.717, 1.165) is 0 Å². The van der Waals surface area contributed by atoms with Crippen molar-refractivity contribution in [1.82, 2.24) is 5.43 Å². The summed E-state index contributed by atoms with van der Waals surface area (Å²) in [4.78, 5) is 22.1. The van der Waals surface area contributed by atoms with Crippen molar-refractivity contribution in [3.8, 4) is 11.5 Å². The van der Waals surface area contributed by atoms with E-state index >= 15 is 0 Å². The Morgan fingerprint density at radius 3 is 2.67 bits per heavy atom. The van der Waals surface area contributed by atoms with Gasteiger partial charge in [-0.2, -0.15) is 5.10 Å². The average Bonchev–Trinajstić information content (AvgIpc) is 2.66. The Balaban J connectivity index is 2.08. The van der Waals surface area contributed by atoms with Gasteiger partial charge in [-0.1, -0.05) is 12.7 Å². The number of nitrogens with one attached hydrogen (secondary N) is 1. The van der Waals surface area contributed by atoms with Crippen LogP contribution in [0.25, 0.3) is 0 Å².